The van der Waals surface area contributed by atoms with Crippen LogP contribution in [0, 0.1) is 11.8 Å². The molecule has 24 heavy (non-hydrogen) atoms. The van der Waals surface area contributed by atoms with Crippen molar-refractivity contribution in [2.45, 2.75) is 45.6 Å². The van der Waals surface area contributed by atoms with E-state index in [1.807, 2.05) is 6.07 Å². The minimum absolute atomic E-state index is 0.0541. The van der Waals surface area contributed by atoms with E-state index >= 15 is 0 Å². The number of carbonyl (C=O) groups excluding carboxylic acids is 1. The Morgan fingerprint density at radius 2 is 2.00 bits per heavy atom. The maximum absolute atomic E-state index is 12.6. The summed E-state index contributed by atoms with van der Waals surface area (Å²) in [6, 6.07) is 5.55. The van der Waals surface area contributed by atoms with Crippen LogP contribution in [0.4, 0.5) is 5.69 Å². The number of sulfonamides is 1. The van der Waals surface area contributed by atoms with E-state index in [-0.39, 0.29) is 11.9 Å². The number of amides is 1. The molecule has 1 aliphatic carbocycles. The predicted octanol–water partition coefficient (Wildman–Crippen LogP) is 2.56. The molecular formula is C18H26N2O3S. The average molecular weight is 350 g/mol. The van der Waals surface area contributed by atoms with E-state index in [9.17, 15) is 13.2 Å². The van der Waals surface area contributed by atoms with Gasteiger partial charge in [-0.15, -0.1) is 0 Å². The molecule has 1 saturated carbocycles. The van der Waals surface area contributed by atoms with Crippen LogP contribution < -0.4 is 9.62 Å². The molecule has 5 nitrogen and oxygen atoms in total. The molecule has 1 fully saturated rings. The average Bonchev–Trinajstić information content (AvgIpc) is 2.95. The van der Waals surface area contributed by atoms with Crippen LogP contribution >= 0.6 is 0 Å². The number of rotatable bonds is 3. The van der Waals surface area contributed by atoms with E-state index in [2.05, 4.69) is 19.2 Å². The Bertz CT molecular complexity index is 745. The van der Waals surface area contributed by atoms with E-state index in [1.165, 1.54) is 17.0 Å². The molecule has 0 saturated heterocycles. The highest BCUT2D eigenvalue weighted by molar-refractivity contribution is 7.92. The molecule has 1 amide bonds. The smallest absolute Gasteiger partial charge is 0.251 e. The molecule has 0 radical (unpaired) electrons. The second-order valence-electron chi connectivity index (χ2n) is 7.28. The number of carbonyl (C=O) groups is 1. The van der Waals surface area contributed by atoms with Gasteiger partial charge in [-0.3, -0.25) is 9.10 Å². The summed E-state index contributed by atoms with van der Waals surface area (Å²) < 4.78 is 25.0. The van der Waals surface area contributed by atoms with E-state index in [4.69, 9.17) is 0 Å². The van der Waals surface area contributed by atoms with Crippen molar-refractivity contribution < 1.29 is 13.2 Å². The largest absolute Gasteiger partial charge is 0.349 e. The zero-order valence-corrected chi connectivity index (χ0v) is 15.4. The van der Waals surface area contributed by atoms with Crippen LogP contribution in [0.1, 0.15) is 49.0 Å². The molecule has 132 valence electrons. The number of hydrogen-bond acceptors (Lipinski definition) is 3. The molecule has 6 heteroatoms. The number of fused-ring (bicyclic) bond motifs is 1. The van der Waals surface area contributed by atoms with E-state index < -0.39 is 10.0 Å². The lowest BCUT2D eigenvalue weighted by atomic mass is 9.78. The highest BCUT2D eigenvalue weighted by Gasteiger charge is 2.30. The second kappa shape index (κ2) is 6.39. The van der Waals surface area contributed by atoms with Crippen LogP contribution in [0.3, 0.4) is 0 Å². The minimum atomic E-state index is -3.25. The lowest BCUT2D eigenvalue weighted by Gasteiger charge is -2.34. The van der Waals surface area contributed by atoms with Gasteiger partial charge in [0.2, 0.25) is 10.0 Å². The topological polar surface area (TPSA) is 66.5 Å². The fourth-order valence-electron chi connectivity index (χ4n) is 3.89. The molecule has 0 bridgehead atoms. The minimum Gasteiger partial charge on any atom is -0.349 e. The molecule has 0 aromatic heterocycles. The fourth-order valence-corrected chi connectivity index (χ4v) is 4.85. The third kappa shape index (κ3) is 3.29. The first-order chi connectivity index (χ1) is 11.3. The van der Waals surface area contributed by atoms with Gasteiger partial charge in [-0.1, -0.05) is 26.7 Å². The molecule has 3 rings (SSSR count). The highest BCUT2D eigenvalue weighted by Crippen LogP contribution is 2.32. The van der Waals surface area contributed by atoms with E-state index in [0.717, 1.165) is 18.4 Å². The molecule has 1 heterocycles. The van der Waals surface area contributed by atoms with Gasteiger partial charge in [-0.2, -0.15) is 0 Å². The Balaban J connectivity index is 1.75. The van der Waals surface area contributed by atoms with E-state index in [1.54, 1.807) is 12.1 Å². The monoisotopic (exact) mass is 350 g/mol. The van der Waals surface area contributed by atoms with Crippen molar-refractivity contribution in [3.05, 3.63) is 29.3 Å². The summed E-state index contributed by atoms with van der Waals surface area (Å²) in [6.07, 6.45) is 5.29. The first-order valence-electron chi connectivity index (χ1n) is 8.69. The van der Waals surface area contributed by atoms with Crippen molar-refractivity contribution in [3.63, 3.8) is 0 Å². The zero-order valence-electron chi connectivity index (χ0n) is 14.6. The van der Waals surface area contributed by atoms with Gasteiger partial charge in [0.05, 0.1) is 11.9 Å². The van der Waals surface area contributed by atoms with Crippen molar-refractivity contribution in [2.24, 2.45) is 11.8 Å². The van der Waals surface area contributed by atoms with Crippen molar-refractivity contribution in [3.8, 4) is 0 Å². The summed E-state index contributed by atoms with van der Waals surface area (Å²) >= 11 is 0. The fraction of sp³-hybridized carbons (Fsp3) is 0.611. The molecule has 1 aliphatic heterocycles. The summed E-state index contributed by atoms with van der Waals surface area (Å²) in [5, 5.41) is 3.18. The Kier molecular flexibility index (Phi) is 4.60. The Morgan fingerprint density at radius 1 is 1.25 bits per heavy atom. The van der Waals surface area contributed by atoms with Crippen LogP contribution in [0.2, 0.25) is 0 Å². The van der Waals surface area contributed by atoms with Crippen molar-refractivity contribution in [2.75, 3.05) is 17.1 Å². The second-order valence-corrected chi connectivity index (χ2v) is 9.18. The van der Waals surface area contributed by atoms with Gasteiger partial charge in [0.25, 0.3) is 5.91 Å². The molecule has 1 aromatic rings. The number of nitrogens with one attached hydrogen (secondary N) is 1. The summed E-state index contributed by atoms with van der Waals surface area (Å²) in [5.74, 6) is 1.06. The third-order valence-electron chi connectivity index (χ3n) is 5.62. The molecule has 0 spiro atoms. The SMILES string of the molecule is CC1CCCC(NC(=O)c2ccc3c(c2)CCN3S(C)(=O)=O)C1C. The van der Waals surface area contributed by atoms with E-state index in [0.29, 0.717) is 36.1 Å². The maximum atomic E-state index is 12.6. The van der Waals surface area contributed by atoms with Crippen LogP contribution in [-0.2, 0) is 16.4 Å². The number of anilines is 1. The van der Waals surface area contributed by atoms with Gasteiger partial charge >= 0.3 is 0 Å². The van der Waals surface area contributed by atoms with Gasteiger partial charge in [0, 0.05) is 18.2 Å². The summed E-state index contributed by atoms with van der Waals surface area (Å²) in [4.78, 5) is 12.6. The van der Waals surface area contributed by atoms with Gasteiger partial charge < -0.3 is 5.32 Å². The number of nitrogens with zero attached hydrogens (tertiary/aromatic N) is 1. The Morgan fingerprint density at radius 3 is 2.71 bits per heavy atom. The molecule has 2 aliphatic rings. The van der Waals surface area contributed by atoms with Crippen LogP contribution in [0.5, 0.6) is 0 Å². The summed E-state index contributed by atoms with van der Waals surface area (Å²) in [5.41, 5.74) is 2.25. The van der Waals surface area contributed by atoms with Gasteiger partial charge in [-0.25, -0.2) is 8.42 Å². The van der Waals surface area contributed by atoms with Gasteiger partial charge in [0.1, 0.15) is 0 Å². The Hall–Kier alpha value is -1.56. The van der Waals surface area contributed by atoms with Crippen LogP contribution in [0.15, 0.2) is 18.2 Å². The quantitative estimate of drug-likeness (QED) is 0.911. The molecular weight excluding hydrogens is 324 g/mol. The first-order valence-corrected chi connectivity index (χ1v) is 10.5. The van der Waals surface area contributed by atoms with Crippen molar-refractivity contribution >= 4 is 21.6 Å². The Labute approximate surface area is 144 Å². The van der Waals surface area contributed by atoms with Gasteiger partial charge in [0.15, 0.2) is 0 Å². The molecule has 3 atom stereocenters. The van der Waals surface area contributed by atoms with Crippen molar-refractivity contribution in [1.29, 1.82) is 0 Å². The van der Waals surface area contributed by atoms with Gasteiger partial charge in [-0.05, 0) is 48.4 Å². The first kappa shape index (κ1) is 17.3. The highest BCUT2D eigenvalue weighted by atomic mass is 32.2. The predicted molar refractivity (Wildman–Crippen MR) is 95.8 cm³/mol. The molecule has 3 unspecified atom stereocenters. The summed E-state index contributed by atoms with van der Waals surface area (Å²) in [6.45, 7) is 4.91. The third-order valence-corrected chi connectivity index (χ3v) is 6.80. The number of benzene rings is 1. The normalized spacial score (nSPS) is 27.0. The summed E-state index contributed by atoms with van der Waals surface area (Å²) in [7, 11) is -3.25. The molecule has 1 N–H and O–H groups in total. The zero-order chi connectivity index (χ0) is 17.5. The molecule has 1 aromatic carbocycles. The lowest BCUT2D eigenvalue weighted by Crippen LogP contribution is -2.43. The number of hydrogen-bond donors (Lipinski definition) is 1. The van der Waals surface area contributed by atoms with Crippen LogP contribution in [-0.4, -0.2) is 33.2 Å². The lowest BCUT2D eigenvalue weighted by molar-refractivity contribution is 0.0891. The standard InChI is InChI=1S/C18H26N2O3S/c1-12-5-4-6-16(13(12)2)19-18(21)15-7-8-17-14(11-15)9-10-20(17)24(3,22)23/h7-8,11-13,16H,4-6,9-10H2,1-3H3,(H,19,21). The maximum Gasteiger partial charge on any atom is 0.251 e. The van der Waals surface area contributed by atoms with Crippen molar-refractivity contribution in [1.82, 2.24) is 5.32 Å². The van der Waals surface area contributed by atoms with Crippen LogP contribution in [0.25, 0.3) is 0 Å².